The Bertz CT molecular complexity index is 792. The number of aromatic nitrogens is 2. The predicted octanol–water partition coefficient (Wildman–Crippen LogP) is 3.15. The van der Waals surface area contributed by atoms with Crippen LogP contribution in [0, 0.1) is 6.92 Å². The highest BCUT2D eigenvalue weighted by Gasteiger charge is 2.30. The molecule has 5 nitrogen and oxygen atoms in total. The Morgan fingerprint density at radius 3 is 2.48 bits per heavy atom. The van der Waals surface area contributed by atoms with E-state index >= 15 is 0 Å². The molecule has 1 aliphatic rings. The first-order valence-corrected chi connectivity index (χ1v) is 8.79. The highest BCUT2D eigenvalue weighted by molar-refractivity contribution is 5.92. The van der Waals surface area contributed by atoms with E-state index in [1.54, 1.807) is 11.0 Å². The Kier molecular flexibility index (Phi) is 5.74. The molecule has 0 saturated carbocycles. The summed E-state index contributed by atoms with van der Waals surface area (Å²) in [5.74, 6) is -0.114. The van der Waals surface area contributed by atoms with Crippen LogP contribution in [0.25, 0.3) is 0 Å². The maximum atomic E-state index is 12.7. The number of rotatable bonds is 3. The Morgan fingerprint density at radius 1 is 1.07 bits per heavy atom. The van der Waals surface area contributed by atoms with E-state index in [1.165, 1.54) is 18.5 Å². The molecule has 2 heterocycles. The summed E-state index contributed by atoms with van der Waals surface area (Å²) in [5, 5.41) is 0. The third-order valence-electron chi connectivity index (χ3n) is 4.59. The van der Waals surface area contributed by atoms with E-state index in [0.29, 0.717) is 31.9 Å². The number of alkyl halides is 3. The van der Waals surface area contributed by atoms with E-state index in [1.807, 2.05) is 6.92 Å². The Hall–Kier alpha value is -2.48. The standard InChI is InChI=1S/C19H21F3N4O/c1-14-11-17(24-13-23-14)18(27)26-8-2-7-25(9-10-26)12-15-3-5-16(6-4-15)19(20,21)22/h3-6,11,13H,2,7-10,12H2,1H3. The molecule has 1 aliphatic heterocycles. The van der Waals surface area contributed by atoms with E-state index in [9.17, 15) is 18.0 Å². The number of amides is 1. The molecule has 144 valence electrons. The average Bonchev–Trinajstić information content (AvgIpc) is 2.86. The normalized spacial score (nSPS) is 16.2. The van der Waals surface area contributed by atoms with Crippen LogP contribution in [0.2, 0.25) is 0 Å². The molecule has 1 aromatic carbocycles. The molecule has 0 radical (unpaired) electrons. The molecule has 0 N–H and O–H groups in total. The second-order valence-electron chi connectivity index (χ2n) is 6.66. The van der Waals surface area contributed by atoms with E-state index in [0.717, 1.165) is 36.4 Å². The molecule has 1 amide bonds. The fourth-order valence-corrected chi connectivity index (χ4v) is 3.12. The van der Waals surface area contributed by atoms with Gasteiger partial charge in [-0.1, -0.05) is 12.1 Å². The SMILES string of the molecule is Cc1cc(C(=O)N2CCCN(Cc3ccc(C(F)(F)F)cc3)CC2)ncn1. The van der Waals surface area contributed by atoms with Gasteiger partial charge in [-0.05, 0) is 37.1 Å². The van der Waals surface area contributed by atoms with Gasteiger partial charge in [-0.3, -0.25) is 9.69 Å². The van der Waals surface area contributed by atoms with Crippen molar-refractivity contribution in [3.05, 3.63) is 59.2 Å². The number of hydrogen-bond acceptors (Lipinski definition) is 4. The van der Waals surface area contributed by atoms with Gasteiger partial charge >= 0.3 is 6.18 Å². The average molecular weight is 378 g/mol. The first kappa shape index (κ1) is 19.3. The van der Waals surface area contributed by atoms with Crippen molar-refractivity contribution in [2.24, 2.45) is 0 Å². The summed E-state index contributed by atoms with van der Waals surface area (Å²) < 4.78 is 38.0. The summed E-state index contributed by atoms with van der Waals surface area (Å²) in [6.07, 6.45) is -2.13. The fraction of sp³-hybridized carbons (Fsp3) is 0.421. The van der Waals surface area contributed by atoms with Crippen LogP contribution in [-0.2, 0) is 12.7 Å². The quantitative estimate of drug-likeness (QED) is 0.823. The summed E-state index contributed by atoms with van der Waals surface area (Å²) in [6.45, 7) is 5.01. The van der Waals surface area contributed by atoms with Gasteiger partial charge in [0.15, 0.2) is 0 Å². The molecule has 0 atom stereocenters. The third kappa shape index (κ3) is 5.03. The number of nitrogens with zero attached hydrogens (tertiary/aromatic N) is 4. The van der Waals surface area contributed by atoms with Crippen LogP contribution in [0.3, 0.4) is 0 Å². The molecule has 0 spiro atoms. The smallest absolute Gasteiger partial charge is 0.336 e. The second kappa shape index (κ2) is 8.04. The molecular weight excluding hydrogens is 357 g/mol. The topological polar surface area (TPSA) is 49.3 Å². The molecule has 1 saturated heterocycles. The van der Waals surface area contributed by atoms with Crippen molar-refractivity contribution >= 4 is 5.91 Å². The summed E-state index contributed by atoms with van der Waals surface area (Å²) in [7, 11) is 0. The van der Waals surface area contributed by atoms with Crippen molar-refractivity contribution in [2.75, 3.05) is 26.2 Å². The largest absolute Gasteiger partial charge is 0.416 e. The van der Waals surface area contributed by atoms with Crippen molar-refractivity contribution in [2.45, 2.75) is 26.1 Å². The van der Waals surface area contributed by atoms with E-state index in [2.05, 4.69) is 14.9 Å². The minimum Gasteiger partial charge on any atom is -0.336 e. The van der Waals surface area contributed by atoms with Crippen LogP contribution in [-0.4, -0.2) is 51.9 Å². The lowest BCUT2D eigenvalue weighted by Crippen LogP contribution is -2.35. The molecule has 0 unspecified atom stereocenters. The zero-order chi connectivity index (χ0) is 19.4. The van der Waals surface area contributed by atoms with Crippen LogP contribution in [0.4, 0.5) is 13.2 Å². The lowest BCUT2D eigenvalue weighted by molar-refractivity contribution is -0.137. The zero-order valence-corrected chi connectivity index (χ0v) is 15.0. The summed E-state index contributed by atoms with van der Waals surface area (Å²) in [4.78, 5) is 24.6. The summed E-state index contributed by atoms with van der Waals surface area (Å²) >= 11 is 0. The lowest BCUT2D eigenvalue weighted by atomic mass is 10.1. The summed E-state index contributed by atoms with van der Waals surface area (Å²) in [6, 6.07) is 6.93. The maximum Gasteiger partial charge on any atom is 0.416 e. The van der Waals surface area contributed by atoms with Crippen molar-refractivity contribution in [3.8, 4) is 0 Å². The van der Waals surface area contributed by atoms with Gasteiger partial charge in [0.1, 0.15) is 12.0 Å². The van der Waals surface area contributed by atoms with E-state index < -0.39 is 11.7 Å². The van der Waals surface area contributed by atoms with Gasteiger partial charge < -0.3 is 4.90 Å². The van der Waals surface area contributed by atoms with Crippen LogP contribution in [0.1, 0.15) is 33.7 Å². The number of carbonyl (C=O) groups is 1. The Labute approximate surface area is 155 Å². The molecule has 8 heteroatoms. The van der Waals surface area contributed by atoms with Crippen LogP contribution in [0.15, 0.2) is 36.7 Å². The van der Waals surface area contributed by atoms with Crippen LogP contribution >= 0.6 is 0 Å². The van der Waals surface area contributed by atoms with Gasteiger partial charge in [-0.25, -0.2) is 9.97 Å². The van der Waals surface area contributed by atoms with Gasteiger partial charge in [0.05, 0.1) is 5.56 Å². The van der Waals surface area contributed by atoms with Crippen molar-refractivity contribution in [1.29, 1.82) is 0 Å². The zero-order valence-electron chi connectivity index (χ0n) is 15.0. The molecule has 1 fully saturated rings. The second-order valence-corrected chi connectivity index (χ2v) is 6.66. The highest BCUT2D eigenvalue weighted by atomic mass is 19.4. The van der Waals surface area contributed by atoms with Gasteiger partial charge in [0.2, 0.25) is 0 Å². The molecule has 0 bridgehead atoms. The number of hydrogen-bond donors (Lipinski definition) is 0. The van der Waals surface area contributed by atoms with Crippen LogP contribution < -0.4 is 0 Å². The van der Waals surface area contributed by atoms with Crippen molar-refractivity contribution in [1.82, 2.24) is 19.8 Å². The van der Waals surface area contributed by atoms with Crippen molar-refractivity contribution in [3.63, 3.8) is 0 Å². The minimum absolute atomic E-state index is 0.114. The molecule has 0 aliphatic carbocycles. The molecular formula is C19H21F3N4O. The third-order valence-corrected chi connectivity index (χ3v) is 4.59. The Morgan fingerprint density at radius 2 is 1.81 bits per heavy atom. The monoisotopic (exact) mass is 378 g/mol. The number of halogens is 3. The van der Waals surface area contributed by atoms with Gasteiger partial charge in [-0.15, -0.1) is 0 Å². The number of benzene rings is 1. The first-order valence-electron chi connectivity index (χ1n) is 8.79. The summed E-state index contributed by atoms with van der Waals surface area (Å²) in [5.41, 5.74) is 1.32. The molecule has 2 aromatic rings. The van der Waals surface area contributed by atoms with E-state index in [-0.39, 0.29) is 5.91 Å². The number of aryl methyl sites for hydroxylation is 1. The van der Waals surface area contributed by atoms with Gasteiger partial charge in [-0.2, -0.15) is 13.2 Å². The molecule has 1 aromatic heterocycles. The lowest BCUT2D eigenvalue weighted by Gasteiger charge is -2.22. The predicted molar refractivity (Wildman–Crippen MR) is 94.0 cm³/mol. The Balaban J connectivity index is 1.59. The van der Waals surface area contributed by atoms with Gasteiger partial charge in [0, 0.05) is 38.4 Å². The van der Waals surface area contributed by atoms with Crippen LogP contribution in [0.5, 0.6) is 0 Å². The van der Waals surface area contributed by atoms with E-state index in [4.69, 9.17) is 0 Å². The molecule has 27 heavy (non-hydrogen) atoms. The fourth-order valence-electron chi connectivity index (χ4n) is 3.12. The minimum atomic E-state index is -4.32. The first-order chi connectivity index (χ1) is 12.8. The maximum absolute atomic E-state index is 12.7. The highest BCUT2D eigenvalue weighted by Crippen LogP contribution is 2.29. The van der Waals surface area contributed by atoms with Crippen molar-refractivity contribution < 1.29 is 18.0 Å². The number of carbonyl (C=O) groups excluding carboxylic acids is 1. The van der Waals surface area contributed by atoms with Gasteiger partial charge in [0.25, 0.3) is 5.91 Å². The molecule has 3 rings (SSSR count).